The zero-order chi connectivity index (χ0) is 12.1. The minimum atomic E-state index is -0.631. The van der Waals surface area contributed by atoms with Gasteiger partial charge in [0.2, 0.25) is 11.9 Å². The standard InChI is InChI=1S/C10H15FN4O/c1-6(2)14-10(16)7(3)15-9-4-8(11)12-5-13-9/h4-7H,1-3H3,(H,14,16)(H,12,13,15). The highest BCUT2D eigenvalue weighted by molar-refractivity contribution is 5.84. The van der Waals surface area contributed by atoms with Crippen LogP contribution in [0.3, 0.4) is 0 Å². The average molecular weight is 226 g/mol. The topological polar surface area (TPSA) is 66.9 Å². The molecule has 0 aliphatic carbocycles. The maximum Gasteiger partial charge on any atom is 0.242 e. The van der Waals surface area contributed by atoms with Crippen molar-refractivity contribution in [3.05, 3.63) is 18.3 Å². The second-order valence-corrected chi connectivity index (χ2v) is 3.76. The van der Waals surface area contributed by atoms with Gasteiger partial charge in [-0.3, -0.25) is 4.79 Å². The van der Waals surface area contributed by atoms with Crippen molar-refractivity contribution >= 4 is 11.7 Å². The quantitative estimate of drug-likeness (QED) is 0.750. The molecule has 6 heteroatoms. The van der Waals surface area contributed by atoms with Gasteiger partial charge >= 0.3 is 0 Å². The predicted octanol–water partition coefficient (Wildman–Crippen LogP) is 0.941. The summed E-state index contributed by atoms with van der Waals surface area (Å²) < 4.78 is 12.7. The zero-order valence-corrected chi connectivity index (χ0v) is 9.49. The predicted molar refractivity (Wildman–Crippen MR) is 58.4 cm³/mol. The zero-order valence-electron chi connectivity index (χ0n) is 9.49. The molecule has 1 aromatic rings. The van der Waals surface area contributed by atoms with Crippen LogP contribution in [0.15, 0.2) is 12.4 Å². The Morgan fingerprint density at radius 1 is 1.38 bits per heavy atom. The Morgan fingerprint density at radius 3 is 2.62 bits per heavy atom. The molecular formula is C10H15FN4O. The van der Waals surface area contributed by atoms with Gasteiger partial charge in [-0.05, 0) is 20.8 Å². The summed E-state index contributed by atoms with van der Waals surface area (Å²) >= 11 is 0. The third-order valence-electron chi connectivity index (χ3n) is 1.82. The number of aromatic nitrogens is 2. The van der Waals surface area contributed by atoms with Crippen molar-refractivity contribution in [1.29, 1.82) is 0 Å². The van der Waals surface area contributed by atoms with Crippen LogP contribution in [0.25, 0.3) is 0 Å². The van der Waals surface area contributed by atoms with Crippen molar-refractivity contribution in [1.82, 2.24) is 15.3 Å². The normalized spacial score (nSPS) is 12.3. The summed E-state index contributed by atoms with van der Waals surface area (Å²) in [6.45, 7) is 5.42. The van der Waals surface area contributed by atoms with Crippen molar-refractivity contribution in [3.8, 4) is 0 Å². The number of halogens is 1. The molecule has 0 aromatic carbocycles. The molecule has 0 fully saturated rings. The monoisotopic (exact) mass is 226 g/mol. The van der Waals surface area contributed by atoms with Gasteiger partial charge in [0.15, 0.2) is 0 Å². The van der Waals surface area contributed by atoms with Gasteiger partial charge in [0.25, 0.3) is 0 Å². The third kappa shape index (κ3) is 3.80. The molecule has 1 amide bonds. The smallest absolute Gasteiger partial charge is 0.242 e. The lowest BCUT2D eigenvalue weighted by molar-refractivity contribution is -0.122. The molecule has 0 aliphatic rings. The first-order valence-electron chi connectivity index (χ1n) is 5.03. The number of carbonyl (C=O) groups is 1. The van der Waals surface area contributed by atoms with E-state index in [0.29, 0.717) is 5.82 Å². The van der Waals surface area contributed by atoms with E-state index in [1.807, 2.05) is 13.8 Å². The number of anilines is 1. The molecular weight excluding hydrogens is 211 g/mol. The first-order valence-corrected chi connectivity index (χ1v) is 5.03. The minimum absolute atomic E-state index is 0.0684. The third-order valence-corrected chi connectivity index (χ3v) is 1.82. The summed E-state index contributed by atoms with van der Waals surface area (Å²) in [4.78, 5) is 18.7. The first kappa shape index (κ1) is 12.4. The molecule has 1 aromatic heterocycles. The summed E-state index contributed by atoms with van der Waals surface area (Å²) in [5.74, 6) is -0.498. The number of amides is 1. The molecule has 16 heavy (non-hydrogen) atoms. The van der Waals surface area contributed by atoms with Crippen LogP contribution in [0.2, 0.25) is 0 Å². The molecule has 1 atom stereocenters. The van der Waals surface area contributed by atoms with Crippen molar-refractivity contribution in [2.75, 3.05) is 5.32 Å². The molecule has 1 unspecified atom stereocenters. The fourth-order valence-electron chi connectivity index (χ4n) is 1.11. The molecule has 1 rings (SSSR count). The van der Waals surface area contributed by atoms with Crippen LogP contribution in [0.5, 0.6) is 0 Å². The van der Waals surface area contributed by atoms with E-state index in [1.54, 1.807) is 6.92 Å². The average Bonchev–Trinajstić information content (AvgIpc) is 2.16. The molecule has 0 bridgehead atoms. The van der Waals surface area contributed by atoms with Gasteiger partial charge in [-0.2, -0.15) is 4.39 Å². The number of carbonyl (C=O) groups excluding carboxylic acids is 1. The Morgan fingerprint density at radius 2 is 2.06 bits per heavy atom. The van der Waals surface area contributed by atoms with Crippen LogP contribution in [0, 0.1) is 5.95 Å². The Bertz CT molecular complexity index is 370. The second kappa shape index (κ2) is 5.39. The molecule has 2 N–H and O–H groups in total. The maximum atomic E-state index is 12.7. The lowest BCUT2D eigenvalue weighted by Crippen LogP contribution is -2.41. The van der Waals surface area contributed by atoms with E-state index in [-0.39, 0.29) is 11.9 Å². The van der Waals surface area contributed by atoms with E-state index in [4.69, 9.17) is 0 Å². The highest BCUT2D eigenvalue weighted by Gasteiger charge is 2.13. The largest absolute Gasteiger partial charge is 0.358 e. The second-order valence-electron chi connectivity index (χ2n) is 3.76. The summed E-state index contributed by atoms with van der Waals surface area (Å²) in [7, 11) is 0. The number of hydrogen-bond acceptors (Lipinski definition) is 4. The van der Waals surface area contributed by atoms with Crippen LogP contribution in [0.1, 0.15) is 20.8 Å². The molecule has 5 nitrogen and oxygen atoms in total. The van der Waals surface area contributed by atoms with Crippen LogP contribution in [0.4, 0.5) is 10.2 Å². The van der Waals surface area contributed by atoms with Gasteiger partial charge in [0.1, 0.15) is 18.2 Å². The minimum Gasteiger partial charge on any atom is -0.358 e. The molecule has 1 heterocycles. The van der Waals surface area contributed by atoms with Crippen LogP contribution < -0.4 is 10.6 Å². The lowest BCUT2D eigenvalue weighted by Gasteiger charge is -2.16. The molecule has 0 aliphatic heterocycles. The summed E-state index contributed by atoms with van der Waals surface area (Å²) in [5.41, 5.74) is 0. The fraction of sp³-hybridized carbons (Fsp3) is 0.500. The molecule has 0 spiro atoms. The van der Waals surface area contributed by atoms with E-state index in [1.165, 1.54) is 0 Å². The van der Waals surface area contributed by atoms with Gasteiger partial charge in [0.05, 0.1) is 0 Å². The molecule has 0 saturated heterocycles. The van der Waals surface area contributed by atoms with Crippen LogP contribution in [-0.2, 0) is 4.79 Å². The van der Waals surface area contributed by atoms with Gasteiger partial charge in [-0.15, -0.1) is 0 Å². The van der Waals surface area contributed by atoms with Crippen LogP contribution in [-0.4, -0.2) is 28.0 Å². The summed E-state index contributed by atoms with van der Waals surface area (Å²) in [6.07, 6.45) is 1.10. The molecule has 0 radical (unpaired) electrons. The van der Waals surface area contributed by atoms with Crippen LogP contribution >= 0.6 is 0 Å². The van der Waals surface area contributed by atoms with E-state index < -0.39 is 12.0 Å². The highest BCUT2D eigenvalue weighted by Crippen LogP contribution is 2.04. The Balaban J connectivity index is 2.57. The Kier molecular flexibility index (Phi) is 4.16. The Labute approximate surface area is 93.5 Å². The fourth-order valence-corrected chi connectivity index (χ4v) is 1.11. The number of nitrogens with one attached hydrogen (secondary N) is 2. The summed E-state index contributed by atoms with van der Waals surface area (Å²) in [5, 5.41) is 5.52. The van der Waals surface area contributed by atoms with Gasteiger partial charge in [0, 0.05) is 12.1 Å². The highest BCUT2D eigenvalue weighted by atomic mass is 19.1. The van der Waals surface area contributed by atoms with Crippen molar-refractivity contribution in [2.45, 2.75) is 32.9 Å². The lowest BCUT2D eigenvalue weighted by atomic mass is 10.3. The van der Waals surface area contributed by atoms with E-state index >= 15 is 0 Å². The van der Waals surface area contributed by atoms with Gasteiger partial charge in [-0.1, -0.05) is 0 Å². The molecule has 0 saturated carbocycles. The number of nitrogens with zero attached hydrogens (tertiary/aromatic N) is 2. The molecule has 88 valence electrons. The van der Waals surface area contributed by atoms with Gasteiger partial charge in [-0.25, -0.2) is 9.97 Å². The van der Waals surface area contributed by atoms with Crippen molar-refractivity contribution in [3.63, 3.8) is 0 Å². The Hall–Kier alpha value is -1.72. The summed E-state index contributed by atoms with van der Waals surface area (Å²) in [6, 6.07) is 0.731. The van der Waals surface area contributed by atoms with Crippen molar-refractivity contribution < 1.29 is 9.18 Å². The number of hydrogen-bond donors (Lipinski definition) is 2. The van der Waals surface area contributed by atoms with Crippen molar-refractivity contribution in [2.24, 2.45) is 0 Å². The maximum absolute atomic E-state index is 12.7. The van der Waals surface area contributed by atoms with E-state index in [2.05, 4.69) is 20.6 Å². The SMILES string of the molecule is CC(C)NC(=O)C(C)Nc1cc(F)ncn1. The first-order chi connectivity index (χ1) is 7.49. The van der Waals surface area contributed by atoms with Gasteiger partial charge < -0.3 is 10.6 Å². The van der Waals surface area contributed by atoms with E-state index in [9.17, 15) is 9.18 Å². The van der Waals surface area contributed by atoms with E-state index in [0.717, 1.165) is 12.4 Å². The number of rotatable bonds is 4.